The van der Waals surface area contributed by atoms with Crippen molar-refractivity contribution in [2.24, 2.45) is 0 Å². The van der Waals surface area contributed by atoms with Crippen LogP contribution in [0.2, 0.25) is 0 Å². The van der Waals surface area contributed by atoms with Crippen LogP contribution in [-0.4, -0.2) is 18.6 Å². The first-order valence-corrected chi connectivity index (χ1v) is 6.05. The van der Waals surface area contributed by atoms with Gasteiger partial charge in [0.1, 0.15) is 11.8 Å². The number of nitrogens with zero attached hydrogens (tertiary/aromatic N) is 2. The van der Waals surface area contributed by atoms with Crippen LogP contribution in [0.5, 0.6) is 5.75 Å². The van der Waals surface area contributed by atoms with Crippen molar-refractivity contribution in [3.63, 3.8) is 0 Å². The van der Waals surface area contributed by atoms with Gasteiger partial charge in [0.2, 0.25) is 0 Å². The fraction of sp³-hybridized carbons (Fsp3) is 0.200. The zero-order valence-corrected chi connectivity index (χ0v) is 10.8. The first-order chi connectivity index (χ1) is 9.35. The number of methoxy groups -OCH3 is 1. The van der Waals surface area contributed by atoms with E-state index in [2.05, 4.69) is 16.4 Å². The second kappa shape index (κ2) is 6.41. The Labute approximate surface area is 112 Å². The summed E-state index contributed by atoms with van der Waals surface area (Å²) in [6, 6.07) is 11.6. The molecule has 0 atom stereocenters. The molecule has 96 valence electrons. The first-order valence-electron chi connectivity index (χ1n) is 6.05. The van der Waals surface area contributed by atoms with Crippen molar-refractivity contribution >= 4 is 5.69 Å². The Balaban J connectivity index is 2.05. The first kappa shape index (κ1) is 12.9. The topological polar surface area (TPSA) is 57.9 Å². The molecule has 1 aromatic heterocycles. The Morgan fingerprint density at radius 3 is 2.74 bits per heavy atom. The SMILES string of the molecule is COc1cccc(C#N)c1NCCc1ccncc1. The molecular formula is C15H15N3O. The second-order valence-electron chi connectivity index (χ2n) is 4.03. The van der Waals surface area contributed by atoms with Crippen molar-refractivity contribution in [1.82, 2.24) is 4.98 Å². The van der Waals surface area contributed by atoms with Crippen LogP contribution in [0.1, 0.15) is 11.1 Å². The average Bonchev–Trinajstić information content (AvgIpc) is 2.48. The van der Waals surface area contributed by atoms with Gasteiger partial charge in [0.15, 0.2) is 0 Å². The quantitative estimate of drug-likeness (QED) is 0.889. The van der Waals surface area contributed by atoms with Crippen molar-refractivity contribution in [2.75, 3.05) is 19.0 Å². The fourth-order valence-electron chi connectivity index (χ4n) is 1.86. The molecule has 0 aliphatic rings. The number of nitriles is 1. The van der Waals surface area contributed by atoms with Gasteiger partial charge in [-0.1, -0.05) is 6.07 Å². The molecule has 0 fully saturated rings. The van der Waals surface area contributed by atoms with Crippen molar-refractivity contribution in [1.29, 1.82) is 5.26 Å². The maximum atomic E-state index is 9.10. The highest BCUT2D eigenvalue weighted by Gasteiger charge is 2.07. The third-order valence-electron chi connectivity index (χ3n) is 2.83. The number of hydrogen-bond acceptors (Lipinski definition) is 4. The van der Waals surface area contributed by atoms with E-state index in [1.54, 1.807) is 25.6 Å². The molecule has 4 heteroatoms. The van der Waals surface area contributed by atoms with Crippen LogP contribution >= 0.6 is 0 Å². The molecule has 2 rings (SSSR count). The average molecular weight is 253 g/mol. The second-order valence-corrected chi connectivity index (χ2v) is 4.03. The fourth-order valence-corrected chi connectivity index (χ4v) is 1.86. The smallest absolute Gasteiger partial charge is 0.143 e. The predicted molar refractivity (Wildman–Crippen MR) is 74.1 cm³/mol. The number of ether oxygens (including phenoxy) is 1. The zero-order chi connectivity index (χ0) is 13.5. The Hall–Kier alpha value is -2.54. The molecule has 1 N–H and O–H groups in total. The molecule has 0 unspecified atom stereocenters. The van der Waals surface area contributed by atoms with Crippen molar-refractivity contribution in [3.05, 3.63) is 53.9 Å². The highest BCUT2D eigenvalue weighted by Crippen LogP contribution is 2.27. The summed E-state index contributed by atoms with van der Waals surface area (Å²) in [4.78, 5) is 3.98. The van der Waals surface area contributed by atoms with Crippen molar-refractivity contribution < 1.29 is 4.74 Å². The number of pyridine rings is 1. The van der Waals surface area contributed by atoms with Gasteiger partial charge < -0.3 is 10.1 Å². The summed E-state index contributed by atoms with van der Waals surface area (Å²) >= 11 is 0. The van der Waals surface area contributed by atoms with Crippen LogP contribution in [-0.2, 0) is 6.42 Å². The molecule has 2 aromatic rings. The van der Waals surface area contributed by atoms with E-state index in [0.717, 1.165) is 18.7 Å². The lowest BCUT2D eigenvalue weighted by Gasteiger charge is -2.12. The Morgan fingerprint density at radius 2 is 2.05 bits per heavy atom. The largest absolute Gasteiger partial charge is 0.495 e. The van der Waals surface area contributed by atoms with Crippen LogP contribution in [0.4, 0.5) is 5.69 Å². The Morgan fingerprint density at radius 1 is 1.26 bits per heavy atom. The Kier molecular flexibility index (Phi) is 4.35. The lowest BCUT2D eigenvalue weighted by atomic mass is 10.1. The van der Waals surface area contributed by atoms with Gasteiger partial charge in [0, 0.05) is 18.9 Å². The summed E-state index contributed by atoms with van der Waals surface area (Å²) in [7, 11) is 1.60. The van der Waals surface area contributed by atoms with Crippen LogP contribution in [0, 0.1) is 11.3 Å². The van der Waals surface area contributed by atoms with Gasteiger partial charge in [-0.3, -0.25) is 4.98 Å². The minimum atomic E-state index is 0.592. The molecule has 0 spiro atoms. The van der Waals surface area contributed by atoms with E-state index in [1.165, 1.54) is 5.56 Å². The van der Waals surface area contributed by atoms with Gasteiger partial charge in [0.25, 0.3) is 0 Å². The van der Waals surface area contributed by atoms with Gasteiger partial charge in [-0.15, -0.1) is 0 Å². The van der Waals surface area contributed by atoms with Gasteiger partial charge in [-0.05, 0) is 36.2 Å². The van der Waals surface area contributed by atoms with Crippen LogP contribution in [0.25, 0.3) is 0 Å². The summed E-state index contributed by atoms with van der Waals surface area (Å²) in [5.41, 5.74) is 2.55. The standard InChI is InChI=1S/C15H15N3O/c1-19-14-4-2-3-13(11-16)15(14)18-10-7-12-5-8-17-9-6-12/h2-6,8-9,18H,7,10H2,1H3. The lowest BCUT2D eigenvalue weighted by molar-refractivity contribution is 0.416. The predicted octanol–water partition coefficient (Wildman–Crippen LogP) is 2.62. The third kappa shape index (κ3) is 3.23. The molecule has 19 heavy (non-hydrogen) atoms. The number of hydrogen-bond donors (Lipinski definition) is 1. The highest BCUT2D eigenvalue weighted by atomic mass is 16.5. The molecule has 0 amide bonds. The van der Waals surface area contributed by atoms with E-state index in [4.69, 9.17) is 10.00 Å². The number of benzene rings is 1. The highest BCUT2D eigenvalue weighted by molar-refractivity contribution is 5.66. The van der Waals surface area contributed by atoms with E-state index in [9.17, 15) is 0 Å². The number of aromatic nitrogens is 1. The number of nitrogens with one attached hydrogen (secondary N) is 1. The van der Waals surface area contributed by atoms with Crippen LogP contribution in [0.15, 0.2) is 42.7 Å². The summed E-state index contributed by atoms with van der Waals surface area (Å²) in [6.45, 7) is 0.735. The molecule has 0 bridgehead atoms. The minimum Gasteiger partial charge on any atom is -0.495 e. The normalized spacial score (nSPS) is 9.68. The summed E-state index contributed by atoms with van der Waals surface area (Å²) in [6.07, 6.45) is 4.42. The number of anilines is 1. The molecule has 0 aliphatic heterocycles. The molecule has 1 aromatic carbocycles. The van der Waals surface area contributed by atoms with Crippen molar-refractivity contribution in [3.8, 4) is 11.8 Å². The van der Waals surface area contributed by atoms with Gasteiger partial charge in [-0.25, -0.2) is 0 Å². The van der Waals surface area contributed by atoms with E-state index >= 15 is 0 Å². The molecule has 0 saturated carbocycles. The summed E-state index contributed by atoms with van der Waals surface area (Å²) in [5, 5.41) is 12.4. The van der Waals surface area contributed by atoms with Crippen LogP contribution in [0.3, 0.4) is 0 Å². The summed E-state index contributed by atoms with van der Waals surface area (Å²) < 4.78 is 5.27. The van der Waals surface area contributed by atoms with Crippen LogP contribution < -0.4 is 10.1 Å². The molecule has 4 nitrogen and oxygen atoms in total. The van der Waals surface area contributed by atoms with Gasteiger partial charge in [0.05, 0.1) is 18.4 Å². The monoisotopic (exact) mass is 253 g/mol. The van der Waals surface area contributed by atoms with E-state index < -0.39 is 0 Å². The van der Waals surface area contributed by atoms with E-state index in [0.29, 0.717) is 11.3 Å². The number of rotatable bonds is 5. The third-order valence-corrected chi connectivity index (χ3v) is 2.83. The van der Waals surface area contributed by atoms with Gasteiger partial charge in [-0.2, -0.15) is 5.26 Å². The van der Waals surface area contributed by atoms with E-state index in [1.807, 2.05) is 24.3 Å². The molecule has 0 aliphatic carbocycles. The summed E-state index contributed by atoms with van der Waals surface area (Å²) in [5.74, 6) is 0.689. The molecule has 0 saturated heterocycles. The zero-order valence-electron chi connectivity index (χ0n) is 10.8. The minimum absolute atomic E-state index is 0.592. The lowest BCUT2D eigenvalue weighted by Crippen LogP contribution is -2.07. The van der Waals surface area contributed by atoms with Crippen molar-refractivity contribution in [2.45, 2.75) is 6.42 Å². The Bertz CT molecular complexity index is 576. The molecule has 1 heterocycles. The van der Waals surface area contributed by atoms with Gasteiger partial charge >= 0.3 is 0 Å². The maximum absolute atomic E-state index is 9.10. The number of para-hydroxylation sites is 1. The molecule has 0 radical (unpaired) electrons. The maximum Gasteiger partial charge on any atom is 0.143 e. The van der Waals surface area contributed by atoms with E-state index in [-0.39, 0.29) is 0 Å². The molecular weight excluding hydrogens is 238 g/mol.